The lowest BCUT2D eigenvalue weighted by molar-refractivity contribution is -0.0443. The molecule has 0 saturated carbocycles. The van der Waals surface area contributed by atoms with Crippen LogP contribution in [0.15, 0.2) is 54.6 Å². The van der Waals surface area contributed by atoms with Gasteiger partial charge >= 0.3 is 0 Å². The van der Waals surface area contributed by atoms with Crippen LogP contribution in [0.1, 0.15) is 21.5 Å². The number of morpholine rings is 2. The van der Waals surface area contributed by atoms with Crippen LogP contribution in [0, 0.1) is 6.92 Å². The van der Waals surface area contributed by atoms with Crippen LogP contribution in [-0.4, -0.2) is 92.3 Å². The number of aryl methyl sites for hydroxylation is 1. The number of ether oxygens (including phenoxy) is 2. The molecule has 6 heteroatoms. The van der Waals surface area contributed by atoms with Crippen molar-refractivity contribution < 1.29 is 14.3 Å². The van der Waals surface area contributed by atoms with E-state index in [1.807, 2.05) is 35.2 Å². The molecule has 172 valence electrons. The SMILES string of the molecule is Cc1ccc(CN2CCOC(CN(CCN3CCOCC3)C(=O)c3ccccc3)C2)cc1. The first kappa shape index (κ1) is 22.9. The standard InChI is InChI=1S/C26H35N3O3/c1-22-7-9-23(10-8-22)19-28-15-18-32-25(20-28)21-29(12-11-27-13-16-31-17-14-27)26(30)24-5-3-2-4-6-24/h2-10,25H,11-21H2,1H3. The first-order valence-electron chi connectivity index (χ1n) is 11.7. The Bertz CT molecular complexity index is 837. The van der Waals surface area contributed by atoms with Crippen LogP contribution in [0.4, 0.5) is 0 Å². The zero-order chi connectivity index (χ0) is 22.2. The smallest absolute Gasteiger partial charge is 0.253 e. The van der Waals surface area contributed by atoms with Crippen LogP contribution < -0.4 is 0 Å². The summed E-state index contributed by atoms with van der Waals surface area (Å²) in [5.74, 6) is 0.0816. The van der Waals surface area contributed by atoms with Crippen molar-refractivity contribution in [1.82, 2.24) is 14.7 Å². The minimum atomic E-state index is 0.0200. The molecule has 2 aromatic carbocycles. The van der Waals surface area contributed by atoms with Gasteiger partial charge in [-0.2, -0.15) is 0 Å². The van der Waals surface area contributed by atoms with Crippen molar-refractivity contribution in [2.45, 2.75) is 19.6 Å². The Morgan fingerprint density at radius 2 is 1.69 bits per heavy atom. The van der Waals surface area contributed by atoms with Crippen molar-refractivity contribution >= 4 is 5.91 Å². The molecule has 4 rings (SSSR count). The number of carbonyl (C=O) groups excluding carboxylic acids is 1. The van der Waals surface area contributed by atoms with Gasteiger partial charge in [-0.1, -0.05) is 48.0 Å². The predicted octanol–water partition coefficient (Wildman–Crippen LogP) is 2.67. The molecule has 0 spiro atoms. The molecule has 0 radical (unpaired) electrons. The third kappa shape index (κ3) is 6.62. The van der Waals surface area contributed by atoms with E-state index in [2.05, 4.69) is 41.0 Å². The molecule has 2 heterocycles. The average Bonchev–Trinajstić information content (AvgIpc) is 2.84. The summed E-state index contributed by atoms with van der Waals surface area (Å²) in [5, 5.41) is 0. The maximum atomic E-state index is 13.3. The van der Waals surface area contributed by atoms with Gasteiger partial charge in [0, 0.05) is 57.9 Å². The molecular formula is C26H35N3O3. The summed E-state index contributed by atoms with van der Waals surface area (Å²) in [5.41, 5.74) is 3.34. The van der Waals surface area contributed by atoms with E-state index in [-0.39, 0.29) is 12.0 Å². The van der Waals surface area contributed by atoms with Gasteiger partial charge in [0.25, 0.3) is 5.91 Å². The molecule has 1 amide bonds. The monoisotopic (exact) mass is 437 g/mol. The van der Waals surface area contributed by atoms with Gasteiger partial charge in [0.15, 0.2) is 0 Å². The number of amides is 1. The van der Waals surface area contributed by atoms with Gasteiger partial charge < -0.3 is 14.4 Å². The molecule has 2 aliphatic rings. The summed E-state index contributed by atoms with van der Waals surface area (Å²) in [6, 6.07) is 18.3. The Labute approximate surface area is 191 Å². The minimum Gasteiger partial charge on any atom is -0.379 e. The Morgan fingerprint density at radius 1 is 0.969 bits per heavy atom. The molecule has 2 saturated heterocycles. The van der Waals surface area contributed by atoms with E-state index in [9.17, 15) is 4.79 Å². The second-order valence-corrected chi connectivity index (χ2v) is 8.78. The lowest BCUT2D eigenvalue weighted by Crippen LogP contribution is -2.50. The van der Waals surface area contributed by atoms with E-state index in [1.54, 1.807) is 0 Å². The number of benzene rings is 2. The predicted molar refractivity (Wildman–Crippen MR) is 126 cm³/mol. The van der Waals surface area contributed by atoms with Gasteiger partial charge in [-0.05, 0) is 24.6 Å². The molecule has 6 nitrogen and oxygen atoms in total. The number of nitrogens with zero attached hydrogens (tertiary/aromatic N) is 3. The summed E-state index contributed by atoms with van der Waals surface area (Å²) >= 11 is 0. The highest BCUT2D eigenvalue weighted by Crippen LogP contribution is 2.14. The van der Waals surface area contributed by atoms with Gasteiger partial charge in [0.1, 0.15) is 0 Å². The molecular weight excluding hydrogens is 402 g/mol. The normalized spacial score (nSPS) is 20.2. The third-order valence-electron chi connectivity index (χ3n) is 6.27. The Balaban J connectivity index is 1.38. The zero-order valence-corrected chi connectivity index (χ0v) is 19.1. The van der Waals surface area contributed by atoms with E-state index in [4.69, 9.17) is 9.47 Å². The minimum absolute atomic E-state index is 0.0200. The van der Waals surface area contributed by atoms with Crippen molar-refractivity contribution in [3.05, 3.63) is 71.3 Å². The summed E-state index contributed by atoms with van der Waals surface area (Å²) < 4.78 is 11.6. The van der Waals surface area contributed by atoms with Crippen molar-refractivity contribution in [2.75, 3.05) is 65.6 Å². The highest BCUT2D eigenvalue weighted by molar-refractivity contribution is 5.94. The van der Waals surface area contributed by atoms with Crippen LogP contribution in [-0.2, 0) is 16.0 Å². The summed E-state index contributed by atoms with van der Waals surface area (Å²) in [6.07, 6.45) is 0.0200. The second-order valence-electron chi connectivity index (χ2n) is 8.78. The van der Waals surface area contributed by atoms with Crippen molar-refractivity contribution in [3.63, 3.8) is 0 Å². The topological polar surface area (TPSA) is 45.2 Å². The molecule has 32 heavy (non-hydrogen) atoms. The number of hydrogen-bond acceptors (Lipinski definition) is 5. The lowest BCUT2D eigenvalue weighted by Gasteiger charge is -2.36. The summed E-state index contributed by atoms with van der Waals surface area (Å²) in [6.45, 7) is 11.1. The van der Waals surface area contributed by atoms with Crippen LogP contribution in [0.25, 0.3) is 0 Å². The largest absolute Gasteiger partial charge is 0.379 e. The molecule has 0 aliphatic carbocycles. The quantitative estimate of drug-likeness (QED) is 0.635. The van der Waals surface area contributed by atoms with Crippen molar-refractivity contribution in [1.29, 1.82) is 0 Å². The van der Waals surface area contributed by atoms with Gasteiger partial charge in [0.2, 0.25) is 0 Å². The Morgan fingerprint density at radius 3 is 2.44 bits per heavy atom. The van der Waals surface area contributed by atoms with Crippen LogP contribution in [0.3, 0.4) is 0 Å². The van der Waals surface area contributed by atoms with E-state index >= 15 is 0 Å². The Hall–Kier alpha value is -2.25. The molecule has 2 fully saturated rings. The number of carbonyl (C=O) groups is 1. The molecule has 2 aliphatic heterocycles. The number of rotatable bonds is 8. The van der Waals surface area contributed by atoms with E-state index in [0.29, 0.717) is 19.7 Å². The summed E-state index contributed by atoms with van der Waals surface area (Å²) in [4.78, 5) is 20.1. The summed E-state index contributed by atoms with van der Waals surface area (Å²) in [7, 11) is 0. The van der Waals surface area contributed by atoms with Crippen molar-refractivity contribution in [3.8, 4) is 0 Å². The van der Waals surface area contributed by atoms with Crippen molar-refractivity contribution in [2.24, 2.45) is 0 Å². The first-order chi connectivity index (χ1) is 15.7. The fraction of sp³-hybridized carbons (Fsp3) is 0.500. The van der Waals surface area contributed by atoms with Gasteiger partial charge in [0.05, 0.1) is 25.9 Å². The van der Waals surface area contributed by atoms with Crippen LogP contribution in [0.5, 0.6) is 0 Å². The van der Waals surface area contributed by atoms with E-state index < -0.39 is 0 Å². The first-order valence-corrected chi connectivity index (χ1v) is 11.7. The lowest BCUT2D eigenvalue weighted by atomic mass is 10.1. The molecule has 1 unspecified atom stereocenters. The zero-order valence-electron chi connectivity index (χ0n) is 19.1. The molecule has 0 N–H and O–H groups in total. The highest BCUT2D eigenvalue weighted by Gasteiger charge is 2.26. The highest BCUT2D eigenvalue weighted by atomic mass is 16.5. The fourth-order valence-electron chi connectivity index (χ4n) is 4.36. The van der Waals surface area contributed by atoms with Crippen LogP contribution >= 0.6 is 0 Å². The molecule has 2 aromatic rings. The van der Waals surface area contributed by atoms with E-state index in [0.717, 1.165) is 58.0 Å². The van der Waals surface area contributed by atoms with Crippen LogP contribution in [0.2, 0.25) is 0 Å². The Kier molecular flexibility index (Phi) is 8.29. The molecule has 1 atom stereocenters. The third-order valence-corrected chi connectivity index (χ3v) is 6.27. The van der Waals surface area contributed by atoms with Gasteiger partial charge in [-0.3, -0.25) is 14.6 Å². The molecule has 0 aromatic heterocycles. The molecule has 0 bridgehead atoms. The number of hydrogen-bond donors (Lipinski definition) is 0. The average molecular weight is 438 g/mol. The second kappa shape index (κ2) is 11.6. The maximum Gasteiger partial charge on any atom is 0.253 e. The van der Waals surface area contributed by atoms with Gasteiger partial charge in [-0.25, -0.2) is 0 Å². The maximum absolute atomic E-state index is 13.3. The van der Waals surface area contributed by atoms with E-state index in [1.165, 1.54) is 11.1 Å². The van der Waals surface area contributed by atoms with Gasteiger partial charge in [-0.15, -0.1) is 0 Å². The fourth-order valence-corrected chi connectivity index (χ4v) is 4.36.